The molecule has 112 valence electrons. The zero-order chi connectivity index (χ0) is 14.9. The Balaban J connectivity index is 1.60. The molecule has 1 N–H and O–H groups in total. The molecule has 0 unspecified atom stereocenters. The Bertz CT molecular complexity index is 597. The van der Waals surface area contributed by atoms with Gasteiger partial charge in [0, 0.05) is 6.04 Å². The van der Waals surface area contributed by atoms with Crippen molar-refractivity contribution < 1.29 is 4.74 Å². The summed E-state index contributed by atoms with van der Waals surface area (Å²) < 4.78 is 5.77. The second-order valence-corrected chi connectivity index (χ2v) is 7.52. The fourth-order valence-corrected chi connectivity index (χ4v) is 2.65. The lowest BCUT2D eigenvalue weighted by Crippen LogP contribution is -2.14. The second-order valence-electron chi connectivity index (χ2n) is 6.49. The van der Waals surface area contributed by atoms with Crippen molar-refractivity contribution in [1.29, 1.82) is 0 Å². The molecule has 1 aliphatic rings. The maximum absolute atomic E-state index is 5.77. The number of hydrogen-bond acceptors (Lipinski definition) is 5. The number of benzene rings is 1. The highest BCUT2D eigenvalue weighted by molar-refractivity contribution is 7.13. The van der Waals surface area contributed by atoms with Crippen LogP contribution in [0.5, 0.6) is 10.9 Å². The Kier molecular flexibility index (Phi) is 3.95. The van der Waals surface area contributed by atoms with E-state index in [9.17, 15) is 0 Å². The molecule has 0 bridgehead atoms. The van der Waals surface area contributed by atoms with Crippen LogP contribution in [0.1, 0.15) is 44.2 Å². The van der Waals surface area contributed by atoms with E-state index >= 15 is 0 Å². The maximum atomic E-state index is 5.77. The number of nitrogens with one attached hydrogen (secondary N) is 1. The summed E-state index contributed by atoms with van der Waals surface area (Å²) in [5, 5.41) is 13.2. The average Bonchev–Trinajstić information content (AvgIpc) is 3.16. The minimum Gasteiger partial charge on any atom is -0.430 e. The SMILES string of the molecule is CC(C)(C)c1ccc(Oc2nnc(CNC3CC3)s2)cc1. The topological polar surface area (TPSA) is 47.0 Å². The van der Waals surface area contributed by atoms with E-state index in [-0.39, 0.29) is 5.41 Å². The van der Waals surface area contributed by atoms with Crippen LogP contribution in [0.2, 0.25) is 0 Å². The third kappa shape index (κ3) is 4.02. The van der Waals surface area contributed by atoms with Gasteiger partial charge >= 0.3 is 0 Å². The van der Waals surface area contributed by atoms with Gasteiger partial charge in [-0.3, -0.25) is 0 Å². The Labute approximate surface area is 129 Å². The van der Waals surface area contributed by atoms with Crippen LogP contribution in [0.15, 0.2) is 24.3 Å². The summed E-state index contributed by atoms with van der Waals surface area (Å²) >= 11 is 1.50. The smallest absolute Gasteiger partial charge is 0.299 e. The fraction of sp³-hybridized carbons (Fsp3) is 0.500. The number of hydrogen-bond donors (Lipinski definition) is 1. The van der Waals surface area contributed by atoms with Gasteiger partial charge in [-0.2, -0.15) is 0 Å². The summed E-state index contributed by atoms with van der Waals surface area (Å²) in [5.41, 5.74) is 1.45. The van der Waals surface area contributed by atoms with Crippen LogP contribution in [-0.4, -0.2) is 16.2 Å². The molecule has 0 aliphatic heterocycles. The van der Waals surface area contributed by atoms with Crippen molar-refractivity contribution in [2.45, 2.75) is 51.6 Å². The van der Waals surface area contributed by atoms with E-state index in [4.69, 9.17) is 4.74 Å². The van der Waals surface area contributed by atoms with Gasteiger partial charge < -0.3 is 10.1 Å². The largest absolute Gasteiger partial charge is 0.430 e. The van der Waals surface area contributed by atoms with Gasteiger partial charge in [0.25, 0.3) is 5.19 Å². The van der Waals surface area contributed by atoms with Crippen molar-refractivity contribution >= 4 is 11.3 Å². The van der Waals surface area contributed by atoms with Crippen LogP contribution < -0.4 is 10.1 Å². The van der Waals surface area contributed by atoms with E-state index < -0.39 is 0 Å². The van der Waals surface area contributed by atoms with E-state index in [2.05, 4.69) is 48.4 Å². The molecule has 1 fully saturated rings. The normalized spacial score (nSPS) is 15.2. The van der Waals surface area contributed by atoms with Crippen LogP contribution in [0.3, 0.4) is 0 Å². The molecule has 1 saturated carbocycles. The first kappa shape index (κ1) is 14.5. The Hall–Kier alpha value is -1.46. The molecule has 21 heavy (non-hydrogen) atoms. The van der Waals surface area contributed by atoms with Gasteiger partial charge in [-0.15, -0.1) is 5.10 Å². The summed E-state index contributed by atoms with van der Waals surface area (Å²) in [6.45, 7) is 7.39. The van der Waals surface area contributed by atoms with Crippen molar-refractivity contribution in [3.8, 4) is 10.9 Å². The first-order valence-corrected chi connectivity index (χ1v) is 8.16. The Morgan fingerprint density at radius 3 is 2.52 bits per heavy atom. The molecule has 0 amide bonds. The van der Waals surface area contributed by atoms with E-state index in [1.54, 1.807) is 0 Å². The van der Waals surface area contributed by atoms with E-state index in [0.717, 1.165) is 17.3 Å². The Morgan fingerprint density at radius 2 is 1.90 bits per heavy atom. The number of nitrogens with zero attached hydrogens (tertiary/aromatic N) is 2. The molecule has 1 aromatic heterocycles. The third-order valence-electron chi connectivity index (χ3n) is 3.49. The highest BCUT2D eigenvalue weighted by Crippen LogP contribution is 2.28. The molecule has 5 heteroatoms. The van der Waals surface area contributed by atoms with E-state index in [1.165, 1.54) is 29.7 Å². The summed E-state index contributed by atoms with van der Waals surface area (Å²) in [5.74, 6) is 0.806. The van der Waals surface area contributed by atoms with E-state index in [0.29, 0.717) is 11.2 Å². The molecule has 0 radical (unpaired) electrons. The maximum Gasteiger partial charge on any atom is 0.299 e. The quantitative estimate of drug-likeness (QED) is 0.910. The molecule has 4 nitrogen and oxygen atoms in total. The molecule has 1 aromatic carbocycles. The minimum atomic E-state index is 0.156. The number of rotatable bonds is 5. The highest BCUT2D eigenvalue weighted by atomic mass is 32.1. The van der Waals surface area contributed by atoms with Crippen LogP contribution >= 0.6 is 11.3 Å². The highest BCUT2D eigenvalue weighted by Gasteiger charge is 2.21. The van der Waals surface area contributed by atoms with Crippen LogP contribution in [0.25, 0.3) is 0 Å². The molecule has 0 spiro atoms. The van der Waals surface area contributed by atoms with Crippen molar-refractivity contribution in [3.63, 3.8) is 0 Å². The van der Waals surface area contributed by atoms with Gasteiger partial charge in [0.2, 0.25) is 0 Å². The summed E-state index contributed by atoms with van der Waals surface area (Å²) in [6.07, 6.45) is 2.56. The first-order valence-electron chi connectivity index (χ1n) is 7.35. The number of aromatic nitrogens is 2. The summed E-state index contributed by atoms with van der Waals surface area (Å²) in [7, 11) is 0. The predicted octanol–water partition coefficient (Wildman–Crippen LogP) is 3.88. The monoisotopic (exact) mass is 303 g/mol. The lowest BCUT2D eigenvalue weighted by atomic mass is 9.87. The molecular weight excluding hydrogens is 282 g/mol. The van der Waals surface area contributed by atoms with Crippen molar-refractivity contribution in [2.24, 2.45) is 0 Å². The van der Waals surface area contributed by atoms with Crippen LogP contribution in [0, 0.1) is 0 Å². The van der Waals surface area contributed by atoms with Crippen LogP contribution in [0.4, 0.5) is 0 Å². The Morgan fingerprint density at radius 1 is 1.19 bits per heavy atom. The first-order chi connectivity index (χ1) is 10.0. The van der Waals surface area contributed by atoms with Crippen molar-refractivity contribution in [2.75, 3.05) is 0 Å². The van der Waals surface area contributed by atoms with Crippen molar-refractivity contribution in [1.82, 2.24) is 15.5 Å². The van der Waals surface area contributed by atoms with Gasteiger partial charge in [-0.25, -0.2) is 0 Å². The average molecular weight is 303 g/mol. The van der Waals surface area contributed by atoms with Gasteiger partial charge in [0.15, 0.2) is 0 Å². The van der Waals surface area contributed by atoms with Crippen LogP contribution in [-0.2, 0) is 12.0 Å². The van der Waals surface area contributed by atoms with Gasteiger partial charge in [0.05, 0.1) is 6.54 Å². The zero-order valence-corrected chi connectivity index (χ0v) is 13.5. The van der Waals surface area contributed by atoms with Crippen molar-refractivity contribution in [3.05, 3.63) is 34.8 Å². The molecule has 1 aliphatic carbocycles. The molecular formula is C16H21N3OS. The molecule has 0 atom stereocenters. The summed E-state index contributed by atoms with van der Waals surface area (Å²) in [4.78, 5) is 0. The van der Waals surface area contributed by atoms with Gasteiger partial charge in [0.1, 0.15) is 10.8 Å². The van der Waals surface area contributed by atoms with Gasteiger partial charge in [-0.1, -0.05) is 49.3 Å². The third-order valence-corrected chi connectivity index (χ3v) is 4.29. The lowest BCUT2D eigenvalue weighted by molar-refractivity contribution is 0.472. The molecule has 2 aromatic rings. The lowest BCUT2D eigenvalue weighted by Gasteiger charge is -2.18. The molecule has 3 rings (SSSR count). The molecule has 1 heterocycles. The minimum absolute atomic E-state index is 0.156. The standard InChI is InChI=1S/C16H21N3OS/c1-16(2,3)11-4-8-13(9-5-11)20-15-19-18-14(21-15)10-17-12-6-7-12/h4-5,8-9,12,17H,6-7,10H2,1-3H3. The fourth-order valence-electron chi connectivity index (χ4n) is 1.99. The van der Waals surface area contributed by atoms with Gasteiger partial charge in [-0.05, 0) is 36.0 Å². The predicted molar refractivity (Wildman–Crippen MR) is 85.0 cm³/mol. The second kappa shape index (κ2) is 5.73. The molecule has 0 saturated heterocycles. The zero-order valence-electron chi connectivity index (χ0n) is 12.7. The van der Waals surface area contributed by atoms with E-state index in [1.807, 2.05) is 12.1 Å². The summed E-state index contributed by atoms with van der Waals surface area (Å²) in [6, 6.07) is 8.87. The number of ether oxygens (including phenoxy) is 1.